The quantitative estimate of drug-likeness (QED) is 0.758. The Bertz CT molecular complexity index is 541. The van der Waals surface area contributed by atoms with Crippen molar-refractivity contribution >= 4 is 15.7 Å². The number of methoxy groups -OCH3 is 1. The highest BCUT2D eigenvalue weighted by atomic mass is 32.2. The van der Waals surface area contributed by atoms with Crippen molar-refractivity contribution in [3.05, 3.63) is 18.2 Å². The molecule has 0 saturated carbocycles. The number of nitrogens with two attached hydrogens (primary N) is 1. The van der Waals surface area contributed by atoms with Crippen LogP contribution in [-0.4, -0.2) is 21.6 Å². The lowest BCUT2D eigenvalue weighted by Gasteiger charge is -2.16. The van der Waals surface area contributed by atoms with Crippen molar-refractivity contribution in [2.45, 2.75) is 44.6 Å². The molecule has 20 heavy (non-hydrogen) atoms. The van der Waals surface area contributed by atoms with Gasteiger partial charge in [0.25, 0.3) is 0 Å². The molecule has 0 spiro atoms. The number of anilines is 1. The first-order chi connectivity index (χ1) is 9.26. The highest BCUT2D eigenvalue weighted by Crippen LogP contribution is 2.24. The van der Waals surface area contributed by atoms with Gasteiger partial charge in [-0.3, -0.25) is 0 Å². The van der Waals surface area contributed by atoms with E-state index in [0.717, 1.165) is 12.8 Å². The molecule has 1 unspecified atom stereocenters. The molecule has 5 nitrogen and oxygen atoms in total. The molecule has 6 heteroatoms. The summed E-state index contributed by atoms with van der Waals surface area (Å²) in [5.74, 6) is 1.02. The summed E-state index contributed by atoms with van der Waals surface area (Å²) < 4.78 is 32.2. The molecule has 0 saturated heterocycles. The molecule has 0 aliphatic carbocycles. The third-order valence-corrected chi connectivity index (χ3v) is 4.63. The fourth-order valence-electron chi connectivity index (χ4n) is 1.85. The van der Waals surface area contributed by atoms with Gasteiger partial charge in [-0.25, -0.2) is 13.1 Å². The van der Waals surface area contributed by atoms with E-state index in [0.29, 0.717) is 17.4 Å². The second-order valence-corrected chi connectivity index (χ2v) is 7.11. The van der Waals surface area contributed by atoms with Gasteiger partial charge in [0.05, 0.1) is 17.7 Å². The molecule has 1 atom stereocenters. The van der Waals surface area contributed by atoms with Crippen LogP contribution < -0.4 is 15.2 Å². The zero-order valence-corrected chi connectivity index (χ0v) is 13.3. The lowest BCUT2D eigenvalue weighted by atomic mass is 10.1. The van der Waals surface area contributed by atoms with E-state index >= 15 is 0 Å². The number of benzene rings is 1. The molecule has 0 aromatic heterocycles. The van der Waals surface area contributed by atoms with E-state index in [9.17, 15) is 8.42 Å². The van der Waals surface area contributed by atoms with Crippen LogP contribution in [0.1, 0.15) is 33.6 Å². The molecule has 0 heterocycles. The number of sulfonamides is 1. The van der Waals surface area contributed by atoms with E-state index in [-0.39, 0.29) is 10.9 Å². The molecule has 0 amide bonds. The maximum atomic E-state index is 12.2. The Labute approximate surface area is 121 Å². The predicted molar refractivity (Wildman–Crippen MR) is 81.3 cm³/mol. The van der Waals surface area contributed by atoms with Crippen LogP contribution in [-0.2, 0) is 10.0 Å². The molecule has 0 aliphatic heterocycles. The Balaban J connectivity index is 2.81. The minimum atomic E-state index is -3.54. The van der Waals surface area contributed by atoms with Crippen molar-refractivity contribution in [2.75, 3.05) is 12.8 Å². The first-order valence-electron chi connectivity index (χ1n) is 6.72. The topological polar surface area (TPSA) is 81.4 Å². The predicted octanol–water partition coefficient (Wildman–Crippen LogP) is 2.38. The average molecular weight is 300 g/mol. The van der Waals surface area contributed by atoms with Crippen LogP contribution in [0.2, 0.25) is 0 Å². The Hall–Kier alpha value is -1.27. The smallest absolute Gasteiger partial charge is 0.240 e. The lowest BCUT2D eigenvalue weighted by molar-refractivity contribution is 0.416. The zero-order valence-electron chi connectivity index (χ0n) is 12.5. The van der Waals surface area contributed by atoms with Crippen LogP contribution >= 0.6 is 0 Å². The van der Waals surface area contributed by atoms with Crippen LogP contribution in [0.3, 0.4) is 0 Å². The van der Waals surface area contributed by atoms with Crippen molar-refractivity contribution in [2.24, 2.45) is 5.92 Å². The maximum Gasteiger partial charge on any atom is 0.240 e. The Morgan fingerprint density at radius 3 is 2.40 bits per heavy atom. The molecule has 3 N–H and O–H groups in total. The van der Waals surface area contributed by atoms with Crippen molar-refractivity contribution < 1.29 is 13.2 Å². The van der Waals surface area contributed by atoms with E-state index in [1.807, 2.05) is 6.92 Å². The van der Waals surface area contributed by atoms with Gasteiger partial charge in [0, 0.05) is 6.04 Å². The summed E-state index contributed by atoms with van der Waals surface area (Å²) in [5.41, 5.74) is 6.05. The summed E-state index contributed by atoms with van der Waals surface area (Å²) >= 11 is 0. The van der Waals surface area contributed by atoms with Crippen molar-refractivity contribution in [1.82, 2.24) is 4.72 Å². The molecular formula is C14H24N2O3S. The Kier molecular flexibility index (Phi) is 5.83. The van der Waals surface area contributed by atoms with Gasteiger partial charge < -0.3 is 10.5 Å². The van der Waals surface area contributed by atoms with E-state index in [1.165, 1.54) is 19.2 Å². The molecule has 0 aliphatic rings. The number of hydrogen-bond donors (Lipinski definition) is 2. The largest absolute Gasteiger partial charge is 0.495 e. The summed E-state index contributed by atoms with van der Waals surface area (Å²) in [7, 11) is -2.05. The molecule has 0 bridgehead atoms. The minimum absolute atomic E-state index is 0.106. The monoisotopic (exact) mass is 300 g/mol. The van der Waals surface area contributed by atoms with Crippen LogP contribution in [0, 0.1) is 5.92 Å². The van der Waals surface area contributed by atoms with E-state index in [2.05, 4.69) is 18.6 Å². The summed E-state index contributed by atoms with van der Waals surface area (Å²) in [6.45, 7) is 6.10. The first-order valence-corrected chi connectivity index (χ1v) is 8.20. The van der Waals surface area contributed by atoms with Crippen LogP contribution in [0.15, 0.2) is 23.1 Å². The van der Waals surface area contributed by atoms with E-state index in [4.69, 9.17) is 10.5 Å². The molecule has 1 rings (SSSR count). The van der Waals surface area contributed by atoms with Crippen LogP contribution in [0.25, 0.3) is 0 Å². The normalized spacial score (nSPS) is 13.4. The summed E-state index contributed by atoms with van der Waals surface area (Å²) in [5, 5.41) is 0. The summed E-state index contributed by atoms with van der Waals surface area (Å²) in [6, 6.07) is 4.36. The SMILES string of the molecule is COc1ccc(S(=O)(=O)NC(C)CCC(C)C)cc1N. The molecule has 0 radical (unpaired) electrons. The highest BCUT2D eigenvalue weighted by molar-refractivity contribution is 7.89. The fourth-order valence-corrected chi connectivity index (χ4v) is 3.17. The van der Waals surface area contributed by atoms with Crippen LogP contribution in [0.5, 0.6) is 5.75 Å². The fraction of sp³-hybridized carbons (Fsp3) is 0.571. The second-order valence-electron chi connectivity index (χ2n) is 5.40. The van der Waals surface area contributed by atoms with Gasteiger partial charge >= 0.3 is 0 Å². The number of nitrogen functional groups attached to an aromatic ring is 1. The molecule has 1 aromatic rings. The first kappa shape index (κ1) is 16.8. The van der Waals surface area contributed by atoms with E-state index < -0.39 is 10.0 Å². The van der Waals surface area contributed by atoms with Gasteiger partial charge in [0.2, 0.25) is 10.0 Å². The Morgan fingerprint density at radius 1 is 1.25 bits per heavy atom. The standard InChI is InChI=1S/C14H24N2O3S/c1-10(2)5-6-11(3)16-20(17,18)12-7-8-14(19-4)13(15)9-12/h7-11,16H,5-6,15H2,1-4H3. The molecule has 114 valence electrons. The van der Waals surface area contributed by atoms with Gasteiger partial charge in [-0.2, -0.15) is 0 Å². The van der Waals surface area contributed by atoms with Gasteiger partial charge in [-0.05, 0) is 43.9 Å². The van der Waals surface area contributed by atoms with Crippen LogP contribution in [0.4, 0.5) is 5.69 Å². The number of rotatable bonds is 7. The highest BCUT2D eigenvalue weighted by Gasteiger charge is 2.18. The molecule has 0 fully saturated rings. The summed E-state index contributed by atoms with van der Waals surface area (Å²) in [4.78, 5) is 0.159. The van der Waals surface area contributed by atoms with Gasteiger partial charge in [-0.1, -0.05) is 13.8 Å². The van der Waals surface area contributed by atoms with Crippen molar-refractivity contribution in [3.63, 3.8) is 0 Å². The number of ether oxygens (including phenoxy) is 1. The number of hydrogen-bond acceptors (Lipinski definition) is 4. The van der Waals surface area contributed by atoms with Gasteiger partial charge in [0.15, 0.2) is 0 Å². The third kappa shape index (κ3) is 4.68. The Morgan fingerprint density at radius 2 is 1.90 bits per heavy atom. The number of nitrogens with one attached hydrogen (secondary N) is 1. The summed E-state index contributed by atoms with van der Waals surface area (Å²) in [6.07, 6.45) is 1.79. The van der Waals surface area contributed by atoms with Gasteiger partial charge in [0.1, 0.15) is 5.75 Å². The average Bonchev–Trinajstić information content (AvgIpc) is 2.35. The second kappa shape index (κ2) is 6.95. The van der Waals surface area contributed by atoms with E-state index in [1.54, 1.807) is 6.07 Å². The maximum absolute atomic E-state index is 12.2. The lowest BCUT2D eigenvalue weighted by Crippen LogP contribution is -2.32. The molecule has 1 aromatic carbocycles. The minimum Gasteiger partial charge on any atom is -0.495 e. The third-order valence-electron chi connectivity index (χ3n) is 3.04. The molecular weight excluding hydrogens is 276 g/mol. The zero-order chi connectivity index (χ0) is 15.3. The van der Waals surface area contributed by atoms with Crippen molar-refractivity contribution in [3.8, 4) is 5.75 Å². The van der Waals surface area contributed by atoms with Crippen molar-refractivity contribution in [1.29, 1.82) is 0 Å². The van der Waals surface area contributed by atoms with Gasteiger partial charge in [-0.15, -0.1) is 0 Å².